The number of nitrogens with zero attached hydrogens (tertiary/aromatic N) is 4. The molecule has 2 rings (SSSR count). The third-order valence-corrected chi connectivity index (χ3v) is 2.90. The van der Waals surface area contributed by atoms with Gasteiger partial charge in [-0.05, 0) is 38.0 Å². The lowest BCUT2D eigenvalue weighted by atomic mass is 10.2. The Morgan fingerprint density at radius 3 is 2.53 bits per heavy atom. The molecule has 2 heterocycles. The van der Waals surface area contributed by atoms with E-state index in [0.29, 0.717) is 6.04 Å². The molecule has 0 saturated carbocycles. The van der Waals surface area contributed by atoms with Gasteiger partial charge in [-0.3, -0.25) is 0 Å². The van der Waals surface area contributed by atoms with Gasteiger partial charge in [-0.25, -0.2) is 9.97 Å². The first kappa shape index (κ1) is 13.7. The zero-order chi connectivity index (χ0) is 14.0. The van der Waals surface area contributed by atoms with E-state index < -0.39 is 0 Å². The van der Waals surface area contributed by atoms with E-state index in [1.165, 1.54) is 5.56 Å². The summed E-state index contributed by atoms with van der Waals surface area (Å²) in [6.45, 7) is 11.0. The first-order valence-electron chi connectivity index (χ1n) is 6.57. The second-order valence-corrected chi connectivity index (χ2v) is 5.14. The first-order valence-corrected chi connectivity index (χ1v) is 6.57. The van der Waals surface area contributed by atoms with Crippen molar-refractivity contribution in [1.82, 2.24) is 25.1 Å². The minimum Gasteiger partial charge on any atom is -0.310 e. The highest BCUT2D eigenvalue weighted by atomic mass is 15.4. The van der Waals surface area contributed by atoms with Crippen molar-refractivity contribution in [3.05, 3.63) is 35.0 Å². The molecule has 0 radical (unpaired) electrons. The van der Waals surface area contributed by atoms with Gasteiger partial charge in [0.25, 0.3) is 0 Å². The Morgan fingerprint density at radius 1 is 1.26 bits per heavy atom. The molecule has 1 N–H and O–H groups in total. The maximum Gasteiger partial charge on any atom is 0.158 e. The van der Waals surface area contributed by atoms with Gasteiger partial charge in [0.1, 0.15) is 11.6 Å². The first-order chi connectivity index (χ1) is 8.97. The Hall–Kier alpha value is -1.75. The van der Waals surface area contributed by atoms with E-state index in [4.69, 9.17) is 0 Å². The van der Waals surface area contributed by atoms with Crippen LogP contribution in [0.4, 0.5) is 0 Å². The van der Waals surface area contributed by atoms with Crippen molar-refractivity contribution in [2.24, 2.45) is 0 Å². The molecule has 2 aromatic heterocycles. The molecule has 2 aromatic rings. The molecule has 0 atom stereocenters. The van der Waals surface area contributed by atoms with Crippen LogP contribution in [-0.4, -0.2) is 25.8 Å². The van der Waals surface area contributed by atoms with Crippen LogP contribution in [0.1, 0.15) is 36.6 Å². The van der Waals surface area contributed by atoms with Gasteiger partial charge >= 0.3 is 0 Å². The van der Waals surface area contributed by atoms with Gasteiger partial charge in [0, 0.05) is 18.8 Å². The lowest BCUT2D eigenvalue weighted by molar-refractivity contribution is 0.587. The van der Waals surface area contributed by atoms with Crippen molar-refractivity contribution in [1.29, 1.82) is 0 Å². The fraction of sp³-hybridized carbons (Fsp3) is 0.500. The number of nitrogens with one attached hydrogen (secondary N) is 1. The number of rotatable bonds is 4. The Balaban J connectivity index is 2.27. The molecule has 5 nitrogen and oxygen atoms in total. The van der Waals surface area contributed by atoms with Crippen molar-refractivity contribution in [3.8, 4) is 5.82 Å². The highest BCUT2D eigenvalue weighted by Crippen LogP contribution is 2.13. The van der Waals surface area contributed by atoms with Crippen LogP contribution in [0.2, 0.25) is 0 Å². The zero-order valence-electron chi connectivity index (χ0n) is 12.2. The van der Waals surface area contributed by atoms with E-state index in [1.54, 1.807) is 4.68 Å². The summed E-state index contributed by atoms with van der Waals surface area (Å²) in [5, 5.41) is 7.76. The molecule has 0 aliphatic carbocycles. The SMILES string of the molecule is Cc1nc(C)n(-c2ncc(CNC(C)C)cc2C)n1. The fourth-order valence-corrected chi connectivity index (χ4v) is 1.99. The summed E-state index contributed by atoms with van der Waals surface area (Å²) < 4.78 is 1.80. The van der Waals surface area contributed by atoms with Gasteiger partial charge in [0.2, 0.25) is 0 Å². The van der Waals surface area contributed by atoms with Crippen molar-refractivity contribution in [3.63, 3.8) is 0 Å². The third-order valence-electron chi connectivity index (χ3n) is 2.90. The molecule has 0 fully saturated rings. The molecule has 0 aliphatic rings. The van der Waals surface area contributed by atoms with E-state index in [-0.39, 0.29) is 0 Å². The second kappa shape index (κ2) is 5.48. The van der Waals surface area contributed by atoms with Gasteiger partial charge in [-0.15, -0.1) is 5.10 Å². The molecule has 19 heavy (non-hydrogen) atoms. The van der Waals surface area contributed by atoms with Crippen LogP contribution in [0.5, 0.6) is 0 Å². The van der Waals surface area contributed by atoms with Crippen LogP contribution < -0.4 is 5.32 Å². The predicted molar refractivity (Wildman–Crippen MR) is 75.3 cm³/mol. The Labute approximate surface area is 114 Å². The number of hydrogen-bond donors (Lipinski definition) is 1. The van der Waals surface area contributed by atoms with Crippen LogP contribution in [0, 0.1) is 20.8 Å². The van der Waals surface area contributed by atoms with Gasteiger partial charge in [-0.2, -0.15) is 4.68 Å². The summed E-state index contributed by atoms with van der Waals surface area (Å²) in [4.78, 5) is 8.83. The number of aryl methyl sites for hydroxylation is 3. The van der Waals surface area contributed by atoms with E-state index in [0.717, 1.165) is 29.6 Å². The van der Waals surface area contributed by atoms with Crippen molar-refractivity contribution in [2.45, 2.75) is 47.2 Å². The number of pyridine rings is 1. The molecular weight excluding hydrogens is 238 g/mol. The molecule has 0 saturated heterocycles. The molecular formula is C14H21N5. The number of aromatic nitrogens is 4. The van der Waals surface area contributed by atoms with E-state index in [9.17, 15) is 0 Å². The lowest BCUT2D eigenvalue weighted by Crippen LogP contribution is -2.22. The maximum absolute atomic E-state index is 4.52. The van der Waals surface area contributed by atoms with Crippen LogP contribution in [-0.2, 0) is 6.54 Å². The Kier molecular flexibility index (Phi) is 3.95. The topological polar surface area (TPSA) is 55.6 Å². The fourth-order valence-electron chi connectivity index (χ4n) is 1.99. The van der Waals surface area contributed by atoms with Crippen LogP contribution in [0.25, 0.3) is 5.82 Å². The van der Waals surface area contributed by atoms with E-state index in [1.807, 2.05) is 20.0 Å². The molecule has 0 aromatic carbocycles. The van der Waals surface area contributed by atoms with Gasteiger partial charge in [0.15, 0.2) is 5.82 Å². The normalized spacial score (nSPS) is 11.3. The highest BCUT2D eigenvalue weighted by Gasteiger charge is 2.09. The maximum atomic E-state index is 4.52. The molecule has 0 spiro atoms. The van der Waals surface area contributed by atoms with Crippen LogP contribution in [0.3, 0.4) is 0 Å². The smallest absolute Gasteiger partial charge is 0.158 e. The van der Waals surface area contributed by atoms with Crippen molar-refractivity contribution < 1.29 is 0 Å². The Bertz CT molecular complexity index is 571. The predicted octanol–water partition coefficient (Wildman–Crippen LogP) is 2.09. The summed E-state index contributed by atoms with van der Waals surface area (Å²) in [5.74, 6) is 2.48. The minimum absolute atomic E-state index is 0.472. The summed E-state index contributed by atoms with van der Waals surface area (Å²) in [6.07, 6.45) is 1.90. The molecule has 0 bridgehead atoms. The highest BCUT2D eigenvalue weighted by molar-refractivity contribution is 5.35. The summed E-state index contributed by atoms with van der Waals surface area (Å²) in [6, 6.07) is 2.62. The minimum atomic E-state index is 0.472. The van der Waals surface area contributed by atoms with Gasteiger partial charge in [0.05, 0.1) is 0 Å². The van der Waals surface area contributed by atoms with Gasteiger partial charge in [-0.1, -0.05) is 13.8 Å². The quantitative estimate of drug-likeness (QED) is 0.913. The average molecular weight is 259 g/mol. The lowest BCUT2D eigenvalue weighted by Gasteiger charge is -2.11. The molecule has 102 valence electrons. The van der Waals surface area contributed by atoms with Crippen LogP contribution in [0.15, 0.2) is 12.3 Å². The molecule has 5 heteroatoms. The summed E-state index contributed by atoms with van der Waals surface area (Å²) in [5.41, 5.74) is 2.29. The average Bonchev–Trinajstić information content (AvgIpc) is 2.66. The van der Waals surface area contributed by atoms with E-state index >= 15 is 0 Å². The molecule has 0 unspecified atom stereocenters. The largest absolute Gasteiger partial charge is 0.310 e. The third kappa shape index (κ3) is 3.17. The zero-order valence-corrected chi connectivity index (χ0v) is 12.2. The van der Waals surface area contributed by atoms with Crippen molar-refractivity contribution >= 4 is 0 Å². The van der Waals surface area contributed by atoms with Crippen molar-refractivity contribution in [2.75, 3.05) is 0 Å². The molecule has 0 aliphatic heterocycles. The summed E-state index contributed by atoms with van der Waals surface area (Å²) >= 11 is 0. The van der Waals surface area contributed by atoms with Crippen LogP contribution >= 0.6 is 0 Å². The molecule has 0 amide bonds. The monoisotopic (exact) mass is 259 g/mol. The van der Waals surface area contributed by atoms with E-state index in [2.05, 4.69) is 47.2 Å². The summed E-state index contributed by atoms with van der Waals surface area (Å²) in [7, 11) is 0. The Morgan fingerprint density at radius 2 is 2.00 bits per heavy atom. The second-order valence-electron chi connectivity index (χ2n) is 5.14. The number of hydrogen-bond acceptors (Lipinski definition) is 4. The standard InChI is InChI=1S/C14H21N5/c1-9(2)15-7-13-6-10(3)14(16-8-13)19-12(5)17-11(4)18-19/h6,8-9,15H,7H2,1-5H3. The van der Waals surface area contributed by atoms with Gasteiger partial charge < -0.3 is 5.32 Å².